The Morgan fingerprint density at radius 2 is 1.91 bits per heavy atom. The molecule has 1 atom stereocenters. The van der Waals surface area contributed by atoms with Gasteiger partial charge in [0.25, 0.3) is 0 Å². The summed E-state index contributed by atoms with van der Waals surface area (Å²) < 4.78 is 12.3. The largest absolute Gasteiger partial charge is 0.207 e. The lowest BCUT2D eigenvalue weighted by Gasteiger charge is -1.98. The van der Waals surface area contributed by atoms with Crippen LogP contribution in [0.4, 0.5) is 4.39 Å². The van der Waals surface area contributed by atoms with Gasteiger partial charge in [-0.3, -0.25) is 0 Å². The summed E-state index contributed by atoms with van der Waals surface area (Å²) in [5.74, 6) is -0.324. The van der Waals surface area contributed by atoms with Crippen LogP contribution in [0, 0.1) is 17.1 Å². The lowest BCUT2D eigenvalue weighted by Crippen LogP contribution is -1.85. The second-order valence-electron chi connectivity index (χ2n) is 2.04. The second kappa shape index (κ2) is 3.36. The predicted octanol–water partition coefficient (Wildman–Crippen LogP) is 2.63. The molecule has 0 bridgehead atoms. The summed E-state index contributed by atoms with van der Waals surface area (Å²) in [5, 5.41) is 7.70. The van der Waals surface area contributed by atoms with Crippen molar-refractivity contribution in [3.8, 4) is 6.07 Å². The van der Waals surface area contributed by atoms with E-state index < -0.39 is 5.38 Å². The van der Waals surface area contributed by atoms with E-state index in [1.165, 1.54) is 24.3 Å². The average molecular weight is 170 g/mol. The van der Waals surface area contributed by atoms with Gasteiger partial charge in [0, 0.05) is 0 Å². The first-order valence-corrected chi connectivity index (χ1v) is 3.47. The molecule has 1 aromatic rings. The van der Waals surface area contributed by atoms with Crippen LogP contribution >= 0.6 is 11.6 Å². The molecular formula is C8H5ClFN. The molecule has 0 amide bonds. The lowest BCUT2D eigenvalue weighted by molar-refractivity contribution is 0.627. The first-order chi connectivity index (χ1) is 5.24. The molecule has 1 aromatic carbocycles. The molecule has 0 heterocycles. The highest BCUT2D eigenvalue weighted by Crippen LogP contribution is 2.18. The molecule has 1 nitrogen and oxygen atoms in total. The number of hydrogen-bond acceptors (Lipinski definition) is 1. The SMILES string of the molecule is N#CC(Cl)c1ccc(F)cc1. The van der Waals surface area contributed by atoms with Crippen molar-refractivity contribution < 1.29 is 4.39 Å². The minimum Gasteiger partial charge on any atom is -0.207 e. The monoisotopic (exact) mass is 169 g/mol. The van der Waals surface area contributed by atoms with E-state index in [1.807, 2.05) is 6.07 Å². The van der Waals surface area contributed by atoms with Crippen molar-refractivity contribution in [2.45, 2.75) is 5.38 Å². The zero-order valence-electron chi connectivity index (χ0n) is 5.59. The Kier molecular flexibility index (Phi) is 2.45. The van der Waals surface area contributed by atoms with Crippen molar-refractivity contribution in [3.05, 3.63) is 35.6 Å². The molecular weight excluding hydrogens is 165 g/mol. The standard InChI is InChI=1S/C8H5ClFN/c9-8(5-11)6-1-3-7(10)4-2-6/h1-4,8H. The van der Waals surface area contributed by atoms with E-state index in [4.69, 9.17) is 16.9 Å². The van der Waals surface area contributed by atoms with Gasteiger partial charge in [-0.1, -0.05) is 12.1 Å². The second-order valence-corrected chi connectivity index (χ2v) is 2.48. The Bertz CT molecular complexity index is 275. The third-order valence-electron chi connectivity index (χ3n) is 1.28. The molecule has 1 rings (SSSR count). The summed E-state index contributed by atoms with van der Waals surface area (Å²) in [6, 6.07) is 7.40. The van der Waals surface area contributed by atoms with Crippen LogP contribution in [0.5, 0.6) is 0 Å². The molecule has 0 spiro atoms. The summed E-state index contributed by atoms with van der Waals surface area (Å²) in [6.07, 6.45) is 0. The van der Waals surface area contributed by atoms with E-state index in [2.05, 4.69) is 0 Å². The van der Waals surface area contributed by atoms with Crippen molar-refractivity contribution in [1.82, 2.24) is 0 Å². The van der Waals surface area contributed by atoms with Crippen molar-refractivity contribution in [1.29, 1.82) is 5.26 Å². The molecule has 0 aliphatic rings. The van der Waals surface area contributed by atoms with Crippen LogP contribution < -0.4 is 0 Å². The van der Waals surface area contributed by atoms with Crippen LogP contribution in [0.3, 0.4) is 0 Å². The van der Waals surface area contributed by atoms with Gasteiger partial charge >= 0.3 is 0 Å². The summed E-state index contributed by atoms with van der Waals surface area (Å²) in [7, 11) is 0. The Morgan fingerprint density at radius 1 is 1.36 bits per heavy atom. The van der Waals surface area contributed by atoms with Crippen LogP contribution in [0.1, 0.15) is 10.9 Å². The van der Waals surface area contributed by atoms with Crippen LogP contribution in [0.2, 0.25) is 0 Å². The number of nitrogens with zero attached hydrogens (tertiary/aromatic N) is 1. The number of nitriles is 1. The first-order valence-electron chi connectivity index (χ1n) is 3.03. The predicted molar refractivity (Wildman–Crippen MR) is 40.6 cm³/mol. The number of alkyl halides is 1. The molecule has 56 valence electrons. The van der Waals surface area contributed by atoms with E-state index >= 15 is 0 Å². The van der Waals surface area contributed by atoms with E-state index in [0.29, 0.717) is 5.56 Å². The summed E-state index contributed by atoms with van der Waals surface area (Å²) in [5.41, 5.74) is 0.621. The smallest absolute Gasteiger partial charge is 0.145 e. The van der Waals surface area contributed by atoms with Gasteiger partial charge in [0.1, 0.15) is 11.2 Å². The molecule has 0 fully saturated rings. The van der Waals surface area contributed by atoms with Crippen molar-refractivity contribution in [2.75, 3.05) is 0 Å². The zero-order valence-corrected chi connectivity index (χ0v) is 6.35. The number of hydrogen-bond donors (Lipinski definition) is 0. The fourth-order valence-electron chi connectivity index (χ4n) is 0.706. The van der Waals surface area contributed by atoms with Crippen molar-refractivity contribution in [2.24, 2.45) is 0 Å². The molecule has 0 aliphatic carbocycles. The van der Waals surface area contributed by atoms with Crippen LogP contribution in [-0.4, -0.2) is 0 Å². The van der Waals surface area contributed by atoms with Crippen molar-refractivity contribution in [3.63, 3.8) is 0 Å². The average Bonchev–Trinajstić information content (AvgIpc) is 2.05. The summed E-state index contributed by atoms with van der Waals surface area (Å²) in [4.78, 5) is 0. The number of benzene rings is 1. The molecule has 0 aliphatic heterocycles. The maximum absolute atomic E-state index is 12.3. The van der Waals surface area contributed by atoms with Gasteiger partial charge in [0.2, 0.25) is 0 Å². The van der Waals surface area contributed by atoms with Gasteiger partial charge in [-0.05, 0) is 17.7 Å². The van der Waals surface area contributed by atoms with E-state index in [0.717, 1.165) is 0 Å². The summed E-state index contributed by atoms with van der Waals surface area (Å²) in [6.45, 7) is 0. The maximum Gasteiger partial charge on any atom is 0.145 e. The fraction of sp³-hybridized carbons (Fsp3) is 0.125. The molecule has 11 heavy (non-hydrogen) atoms. The Balaban J connectivity index is 2.92. The highest BCUT2D eigenvalue weighted by Gasteiger charge is 2.04. The Labute approximate surface area is 69.0 Å². The lowest BCUT2D eigenvalue weighted by atomic mass is 10.2. The third kappa shape index (κ3) is 1.92. The van der Waals surface area contributed by atoms with Crippen LogP contribution in [0.15, 0.2) is 24.3 Å². The summed E-state index contributed by atoms with van der Waals surface area (Å²) >= 11 is 5.56. The molecule has 0 saturated heterocycles. The molecule has 1 unspecified atom stereocenters. The highest BCUT2D eigenvalue weighted by molar-refractivity contribution is 6.22. The van der Waals surface area contributed by atoms with E-state index in [1.54, 1.807) is 0 Å². The highest BCUT2D eigenvalue weighted by atomic mass is 35.5. The third-order valence-corrected chi connectivity index (χ3v) is 1.63. The molecule has 0 saturated carbocycles. The number of halogens is 2. The fourth-order valence-corrected chi connectivity index (χ4v) is 0.852. The van der Waals surface area contributed by atoms with E-state index in [-0.39, 0.29) is 5.82 Å². The van der Waals surface area contributed by atoms with Gasteiger partial charge in [-0.15, -0.1) is 11.6 Å². The minimum atomic E-state index is -0.685. The quantitative estimate of drug-likeness (QED) is 0.593. The van der Waals surface area contributed by atoms with Gasteiger partial charge in [0.05, 0.1) is 6.07 Å². The molecule has 0 N–H and O–H groups in total. The zero-order chi connectivity index (χ0) is 8.27. The van der Waals surface area contributed by atoms with Gasteiger partial charge in [-0.25, -0.2) is 4.39 Å². The van der Waals surface area contributed by atoms with Crippen LogP contribution in [0.25, 0.3) is 0 Å². The first kappa shape index (κ1) is 8.03. The number of rotatable bonds is 1. The normalized spacial score (nSPS) is 12.1. The maximum atomic E-state index is 12.3. The molecule has 0 radical (unpaired) electrons. The van der Waals surface area contributed by atoms with Crippen molar-refractivity contribution >= 4 is 11.6 Å². The Hall–Kier alpha value is -1.07. The minimum absolute atomic E-state index is 0.324. The van der Waals surface area contributed by atoms with Crippen LogP contribution in [-0.2, 0) is 0 Å². The van der Waals surface area contributed by atoms with E-state index in [9.17, 15) is 4.39 Å². The topological polar surface area (TPSA) is 23.8 Å². The van der Waals surface area contributed by atoms with Gasteiger partial charge in [0.15, 0.2) is 0 Å². The Morgan fingerprint density at radius 3 is 2.36 bits per heavy atom. The van der Waals surface area contributed by atoms with Gasteiger partial charge in [-0.2, -0.15) is 5.26 Å². The molecule has 0 aromatic heterocycles. The van der Waals surface area contributed by atoms with Gasteiger partial charge < -0.3 is 0 Å². The molecule has 3 heteroatoms.